The Balaban J connectivity index is 2.44. The molecule has 2 rings (SSSR count). The molecular formula is C22H19F7N2O6. The van der Waals surface area contributed by atoms with Crippen LogP contribution in [-0.2, 0) is 30.2 Å². The number of ether oxygens (including phenoxy) is 2. The fourth-order valence-electron chi connectivity index (χ4n) is 3.20. The second kappa shape index (κ2) is 10.6. The predicted molar refractivity (Wildman–Crippen MR) is 111 cm³/mol. The number of methoxy groups -OCH3 is 1. The van der Waals surface area contributed by atoms with E-state index in [0.717, 1.165) is 12.1 Å². The van der Waals surface area contributed by atoms with Gasteiger partial charge in [0.2, 0.25) is 0 Å². The van der Waals surface area contributed by atoms with Gasteiger partial charge >= 0.3 is 30.3 Å². The van der Waals surface area contributed by atoms with E-state index in [0.29, 0.717) is 43.5 Å². The third-order valence-electron chi connectivity index (χ3n) is 5.04. The molecule has 0 aliphatic heterocycles. The zero-order valence-electron chi connectivity index (χ0n) is 19.0. The van der Waals surface area contributed by atoms with Gasteiger partial charge in [0.15, 0.2) is 0 Å². The van der Waals surface area contributed by atoms with Crippen LogP contribution in [0, 0.1) is 5.82 Å². The number of nitrogens with one attached hydrogen (secondary N) is 2. The number of benzene rings is 2. The predicted octanol–water partition coefficient (Wildman–Crippen LogP) is 3.89. The molecule has 0 fully saturated rings. The molecule has 0 radical (unpaired) electrons. The molecule has 2 aromatic rings. The van der Waals surface area contributed by atoms with Crippen molar-refractivity contribution < 1.29 is 59.7 Å². The Morgan fingerprint density at radius 3 is 1.78 bits per heavy atom. The molecule has 15 heteroatoms. The number of alkyl halides is 6. The van der Waals surface area contributed by atoms with Gasteiger partial charge in [0, 0.05) is 11.3 Å². The van der Waals surface area contributed by atoms with E-state index in [-0.39, 0.29) is 0 Å². The molecule has 0 aromatic heterocycles. The average Bonchev–Trinajstić information content (AvgIpc) is 2.81. The SMILES string of the molecule is CCOC(=O)C(NC(=O)Nc1ccc(C(O)(C(=O)OC)C(F)(F)F)cc1)(c1ccc(F)cc1)C(F)(F)F. The van der Waals surface area contributed by atoms with Crippen molar-refractivity contribution in [3.8, 4) is 0 Å². The molecule has 202 valence electrons. The number of anilines is 1. The first kappa shape index (κ1) is 29.4. The maximum Gasteiger partial charge on any atom is 0.432 e. The summed E-state index contributed by atoms with van der Waals surface area (Å²) in [7, 11) is 0.608. The summed E-state index contributed by atoms with van der Waals surface area (Å²) in [4.78, 5) is 36.6. The highest BCUT2D eigenvalue weighted by Gasteiger charge is 2.64. The summed E-state index contributed by atoms with van der Waals surface area (Å²) in [5.41, 5.74) is -10.2. The third-order valence-corrected chi connectivity index (χ3v) is 5.04. The van der Waals surface area contributed by atoms with Crippen LogP contribution in [0.4, 0.5) is 41.2 Å². The summed E-state index contributed by atoms with van der Waals surface area (Å²) >= 11 is 0. The zero-order chi connectivity index (χ0) is 28.2. The molecule has 0 saturated heterocycles. The number of aliphatic hydroxyl groups is 1. The first-order valence-electron chi connectivity index (χ1n) is 10.1. The molecule has 8 nitrogen and oxygen atoms in total. The standard InChI is InChI=1S/C22H19F7N2O6/c1-3-37-16(32)19(21(24,25)26,12-4-8-14(23)9-5-12)31-18(34)30-15-10-6-13(7-11-15)20(35,17(33)36-2)22(27,28)29/h4-11,35H,3H2,1-2H3,(H2,30,31,34). The molecule has 2 atom stereocenters. The number of carbonyl (C=O) groups excluding carboxylic acids is 3. The highest BCUT2D eigenvalue weighted by Crippen LogP contribution is 2.42. The van der Waals surface area contributed by atoms with Crippen molar-refractivity contribution in [2.45, 2.75) is 30.4 Å². The van der Waals surface area contributed by atoms with E-state index in [4.69, 9.17) is 0 Å². The fourth-order valence-corrected chi connectivity index (χ4v) is 3.20. The number of halogens is 7. The Labute approximate surface area is 204 Å². The van der Waals surface area contributed by atoms with Gasteiger partial charge in [0.1, 0.15) is 5.82 Å². The summed E-state index contributed by atoms with van der Waals surface area (Å²) in [5, 5.41) is 13.3. The number of amides is 2. The molecule has 3 N–H and O–H groups in total. The molecule has 0 aliphatic carbocycles. The van der Waals surface area contributed by atoms with Crippen molar-refractivity contribution >= 4 is 23.7 Å². The topological polar surface area (TPSA) is 114 Å². The average molecular weight is 540 g/mol. The van der Waals surface area contributed by atoms with Gasteiger partial charge in [0.05, 0.1) is 13.7 Å². The van der Waals surface area contributed by atoms with Crippen LogP contribution < -0.4 is 10.6 Å². The summed E-state index contributed by atoms with van der Waals surface area (Å²) in [6, 6.07) is 3.44. The summed E-state index contributed by atoms with van der Waals surface area (Å²) < 4.78 is 105. The van der Waals surface area contributed by atoms with Crippen LogP contribution in [0.5, 0.6) is 0 Å². The first-order valence-corrected chi connectivity index (χ1v) is 10.1. The van der Waals surface area contributed by atoms with Crippen LogP contribution in [0.1, 0.15) is 18.1 Å². The molecular weight excluding hydrogens is 521 g/mol. The molecule has 0 heterocycles. The van der Waals surface area contributed by atoms with Crippen molar-refractivity contribution in [2.75, 3.05) is 19.0 Å². The lowest BCUT2D eigenvalue weighted by Gasteiger charge is -2.34. The Morgan fingerprint density at radius 2 is 1.35 bits per heavy atom. The second-order valence-electron chi connectivity index (χ2n) is 7.33. The van der Waals surface area contributed by atoms with Gasteiger partial charge in [-0.1, -0.05) is 24.3 Å². The van der Waals surface area contributed by atoms with E-state index in [2.05, 4.69) is 9.47 Å². The quantitative estimate of drug-likeness (QED) is 0.363. The fraction of sp³-hybridized carbons (Fsp3) is 0.318. The van der Waals surface area contributed by atoms with Crippen LogP contribution >= 0.6 is 0 Å². The minimum atomic E-state index is -5.51. The molecule has 0 aliphatic rings. The Morgan fingerprint density at radius 1 is 0.838 bits per heavy atom. The van der Waals surface area contributed by atoms with Crippen LogP contribution in [0.2, 0.25) is 0 Å². The Bertz CT molecular complexity index is 1140. The molecule has 2 unspecified atom stereocenters. The van der Waals surface area contributed by atoms with Crippen LogP contribution in [-0.4, -0.2) is 49.1 Å². The number of urea groups is 1. The van der Waals surface area contributed by atoms with Crippen molar-refractivity contribution in [1.82, 2.24) is 5.32 Å². The molecule has 37 heavy (non-hydrogen) atoms. The van der Waals surface area contributed by atoms with Gasteiger partial charge in [-0.05, 0) is 36.8 Å². The van der Waals surface area contributed by atoms with Crippen molar-refractivity contribution in [3.05, 3.63) is 65.5 Å². The summed E-state index contributed by atoms with van der Waals surface area (Å²) in [5.74, 6) is -4.92. The van der Waals surface area contributed by atoms with E-state index in [1.54, 1.807) is 0 Å². The third kappa shape index (κ3) is 5.60. The van der Waals surface area contributed by atoms with E-state index in [1.165, 1.54) is 12.2 Å². The van der Waals surface area contributed by atoms with Crippen LogP contribution in [0.15, 0.2) is 48.5 Å². The monoisotopic (exact) mass is 540 g/mol. The molecule has 0 saturated carbocycles. The number of hydrogen-bond acceptors (Lipinski definition) is 6. The highest BCUT2D eigenvalue weighted by atomic mass is 19.4. The lowest BCUT2D eigenvalue weighted by molar-refractivity contribution is -0.266. The largest absolute Gasteiger partial charge is 0.466 e. The van der Waals surface area contributed by atoms with E-state index in [1.807, 2.05) is 5.32 Å². The van der Waals surface area contributed by atoms with E-state index in [9.17, 15) is 50.2 Å². The summed E-state index contributed by atoms with van der Waals surface area (Å²) in [6.45, 7) is 0.701. The second-order valence-corrected chi connectivity index (χ2v) is 7.33. The van der Waals surface area contributed by atoms with Crippen LogP contribution in [0.25, 0.3) is 0 Å². The first-order chi connectivity index (χ1) is 17.0. The van der Waals surface area contributed by atoms with Gasteiger partial charge in [0.25, 0.3) is 11.1 Å². The van der Waals surface area contributed by atoms with Gasteiger partial charge in [-0.15, -0.1) is 0 Å². The van der Waals surface area contributed by atoms with Crippen molar-refractivity contribution in [1.29, 1.82) is 0 Å². The molecule has 2 amide bonds. The minimum absolute atomic E-state index is 0.394. The van der Waals surface area contributed by atoms with Crippen molar-refractivity contribution in [3.63, 3.8) is 0 Å². The van der Waals surface area contributed by atoms with Gasteiger partial charge in [-0.25, -0.2) is 18.8 Å². The number of carbonyl (C=O) groups is 3. The van der Waals surface area contributed by atoms with E-state index >= 15 is 0 Å². The zero-order valence-corrected chi connectivity index (χ0v) is 19.0. The Kier molecular flexibility index (Phi) is 8.42. The van der Waals surface area contributed by atoms with Gasteiger partial charge in [-0.3, -0.25) is 0 Å². The van der Waals surface area contributed by atoms with Gasteiger partial charge in [-0.2, -0.15) is 26.3 Å². The van der Waals surface area contributed by atoms with E-state index < -0.39 is 70.7 Å². The van der Waals surface area contributed by atoms with Crippen molar-refractivity contribution in [2.24, 2.45) is 0 Å². The normalized spacial score (nSPS) is 15.1. The molecule has 0 spiro atoms. The maximum absolute atomic E-state index is 14.2. The number of rotatable bonds is 7. The van der Waals surface area contributed by atoms with Crippen LogP contribution in [0.3, 0.4) is 0 Å². The number of esters is 2. The lowest BCUT2D eigenvalue weighted by atomic mass is 9.89. The Hall–Kier alpha value is -3.88. The number of hydrogen-bond donors (Lipinski definition) is 3. The summed E-state index contributed by atoms with van der Waals surface area (Å²) in [6.07, 6.45) is -11.0. The van der Waals surface area contributed by atoms with Gasteiger partial charge < -0.3 is 25.2 Å². The molecule has 2 aromatic carbocycles. The molecule has 0 bridgehead atoms. The minimum Gasteiger partial charge on any atom is -0.466 e. The lowest BCUT2D eigenvalue weighted by Crippen LogP contribution is -2.62. The highest BCUT2D eigenvalue weighted by molar-refractivity contribution is 5.95. The maximum atomic E-state index is 14.2. The smallest absolute Gasteiger partial charge is 0.432 e.